The second-order valence-corrected chi connectivity index (χ2v) is 16.2. The summed E-state index contributed by atoms with van der Waals surface area (Å²) < 4.78 is 58.0. The van der Waals surface area contributed by atoms with Crippen molar-refractivity contribution in [3.8, 4) is 45.6 Å². The minimum atomic E-state index is -4.71. The molecule has 0 fully saturated rings. The SMILES string of the molecule is O.O.O.O=S(=O)([O-])SSS(=O)(=O)[O-].[Mn+2].c1ccc(-c2cccc(-c3ccccn3)n2)nc1.c1ccc(-c2cccc(-c3ccccn3)n2)nc1. The van der Waals surface area contributed by atoms with E-state index in [1.165, 1.54) is 0 Å². The Morgan fingerprint density at radius 3 is 0.780 bits per heavy atom. The Hall–Kier alpha value is -4.18. The molecule has 0 aliphatic carbocycles. The van der Waals surface area contributed by atoms with E-state index in [1.54, 1.807) is 24.8 Å². The van der Waals surface area contributed by atoms with Gasteiger partial charge in [0.1, 0.15) is 0 Å². The maximum atomic E-state index is 9.66. The van der Waals surface area contributed by atoms with E-state index in [9.17, 15) is 25.9 Å². The summed E-state index contributed by atoms with van der Waals surface area (Å²) in [4.78, 5) is 26.4. The van der Waals surface area contributed by atoms with Crippen LogP contribution in [0.15, 0.2) is 134 Å². The molecule has 6 N–H and O–H groups in total. The standard InChI is InChI=1S/2C15H11N3.Mn.H2O6S4.3H2O/c2*1-3-10-16-12(6-1)14-8-5-9-15(18-14)13-7-2-4-11-17-13;;1-9(2,3)7-8-10(4,5)6;;;/h2*1-11H;;(H,1,2,3)(H,4,5,6);3*1H2/q;;+2;;;;/p-2. The van der Waals surface area contributed by atoms with Gasteiger partial charge in [-0.3, -0.25) is 19.9 Å². The van der Waals surface area contributed by atoms with Gasteiger partial charge in [-0.1, -0.05) is 36.4 Å². The summed E-state index contributed by atoms with van der Waals surface area (Å²) >= 11 is 0. The van der Waals surface area contributed by atoms with Gasteiger partial charge in [0.05, 0.1) is 45.6 Å². The molecule has 6 heterocycles. The normalized spacial score (nSPS) is 10.0. The van der Waals surface area contributed by atoms with Crippen molar-refractivity contribution in [1.82, 2.24) is 29.9 Å². The molecule has 0 unspecified atom stereocenters. The monoisotopic (exact) mass is 799 g/mol. The average Bonchev–Trinajstić information content (AvgIpc) is 3.09. The maximum absolute atomic E-state index is 9.66. The van der Waals surface area contributed by atoms with Gasteiger partial charge in [-0.25, -0.2) is 26.8 Å². The Morgan fingerprint density at radius 2 is 0.600 bits per heavy atom. The van der Waals surface area contributed by atoms with Crippen LogP contribution in [0, 0.1) is 0 Å². The first-order valence-corrected chi connectivity index (χ1v) is 19.0. The van der Waals surface area contributed by atoms with Crippen LogP contribution in [0.25, 0.3) is 45.6 Å². The van der Waals surface area contributed by atoms with Crippen LogP contribution in [0.3, 0.4) is 0 Å². The fraction of sp³-hybridized carbons (Fsp3) is 0. The van der Waals surface area contributed by atoms with Crippen molar-refractivity contribution in [3.63, 3.8) is 0 Å². The van der Waals surface area contributed by atoms with E-state index in [-0.39, 0.29) is 33.5 Å². The van der Waals surface area contributed by atoms with Crippen molar-refractivity contribution in [2.45, 2.75) is 0 Å². The number of hydrogen-bond acceptors (Lipinski definition) is 14. The number of aromatic nitrogens is 6. The Bertz CT molecular complexity index is 1800. The Labute approximate surface area is 305 Å². The van der Waals surface area contributed by atoms with E-state index in [0.717, 1.165) is 45.6 Å². The van der Waals surface area contributed by atoms with E-state index >= 15 is 0 Å². The molecule has 0 amide bonds. The topological polar surface area (TPSA) is 286 Å². The van der Waals surface area contributed by atoms with Crippen molar-refractivity contribution in [2.75, 3.05) is 0 Å². The van der Waals surface area contributed by atoms with Gasteiger partial charge in [-0.15, -0.1) is 0 Å². The summed E-state index contributed by atoms with van der Waals surface area (Å²) in [6.07, 6.45) is 7.07. The van der Waals surface area contributed by atoms with Crippen LogP contribution in [-0.4, -0.2) is 72.3 Å². The maximum Gasteiger partial charge on any atom is 2.00 e. The van der Waals surface area contributed by atoms with Crippen LogP contribution in [0.2, 0.25) is 0 Å². The van der Waals surface area contributed by atoms with Crippen LogP contribution in [0.5, 0.6) is 0 Å². The molecule has 263 valence electrons. The van der Waals surface area contributed by atoms with Gasteiger partial charge in [0, 0.05) is 44.4 Å². The van der Waals surface area contributed by atoms with Crippen molar-refractivity contribution in [1.29, 1.82) is 0 Å². The molecule has 0 saturated carbocycles. The van der Waals surface area contributed by atoms with E-state index in [0.29, 0.717) is 0 Å². The van der Waals surface area contributed by atoms with E-state index in [4.69, 9.17) is 0 Å². The number of rotatable bonds is 7. The zero-order chi connectivity index (χ0) is 32.8. The van der Waals surface area contributed by atoms with Gasteiger partial charge in [-0.05, 0) is 72.8 Å². The predicted molar refractivity (Wildman–Crippen MR) is 187 cm³/mol. The van der Waals surface area contributed by atoms with Gasteiger partial charge in [-0.2, -0.15) is 0 Å². The Morgan fingerprint density at radius 1 is 0.380 bits per heavy atom. The minimum absolute atomic E-state index is 0. The fourth-order valence-corrected chi connectivity index (χ4v) is 9.01. The molecule has 20 heteroatoms. The summed E-state index contributed by atoms with van der Waals surface area (Å²) in [6, 6.07) is 35.0. The molecule has 0 aliphatic rings. The van der Waals surface area contributed by atoms with E-state index in [2.05, 4.69) is 29.9 Å². The van der Waals surface area contributed by atoms with Crippen molar-refractivity contribution in [3.05, 3.63) is 134 Å². The Kier molecular flexibility index (Phi) is 20.6. The molecule has 0 aromatic carbocycles. The zero-order valence-electron chi connectivity index (χ0n) is 25.3. The molecule has 15 nitrogen and oxygen atoms in total. The molecule has 6 rings (SSSR count). The van der Waals surface area contributed by atoms with Crippen LogP contribution >= 0.6 is 19.7 Å². The third-order valence-corrected chi connectivity index (χ3v) is 12.0. The molecule has 50 heavy (non-hydrogen) atoms. The second-order valence-electron chi connectivity index (χ2n) is 8.63. The summed E-state index contributed by atoms with van der Waals surface area (Å²) in [5, 5.41) is 0. The molecule has 1 radical (unpaired) electrons. The largest absolute Gasteiger partial charge is 2.00 e. The summed E-state index contributed by atoms with van der Waals surface area (Å²) in [5.74, 6) is 0. The molecular formula is C30H28MnN6O9S4. The molecule has 6 aromatic rings. The smallest absolute Gasteiger partial charge is 0.739 e. The molecule has 0 spiro atoms. The van der Waals surface area contributed by atoms with Crippen molar-refractivity contribution >= 4 is 38.0 Å². The summed E-state index contributed by atoms with van der Waals surface area (Å²) in [5.41, 5.74) is 6.92. The quantitative estimate of drug-likeness (QED) is 0.127. The molecule has 0 bridgehead atoms. The summed E-state index contributed by atoms with van der Waals surface area (Å²) in [7, 11) is -10.5. The Balaban J connectivity index is 0.000000723. The van der Waals surface area contributed by atoms with Gasteiger partial charge in [0.15, 0.2) is 18.3 Å². The first-order valence-electron chi connectivity index (χ1n) is 13.0. The third kappa shape index (κ3) is 16.0. The molecular weight excluding hydrogens is 772 g/mol. The molecule has 6 aromatic heterocycles. The van der Waals surface area contributed by atoms with Gasteiger partial charge < -0.3 is 25.5 Å². The zero-order valence-corrected chi connectivity index (χ0v) is 29.8. The first-order chi connectivity index (χ1) is 22.1. The average molecular weight is 800 g/mol. The minimum Gasteiger partial charge on any atom is -0.739 e. The number of hydrogen-bond donors (Lipinski definition) is 0. The van der Waals surface area contributed by atoms with Gasteiger partial charge >= 0.3 is 17.1 Å². The van der Waals surface area contributed by atoms with Crippen molar-refractivity contribution < 1.29 is 59.4 Å². The van der Waals surface area contributed by atoms with E-state index in [1.807, 2.05) is 109 Å². The first kappa shape index (κ1) is 45.8. The van der Waals surface area contributed by atoms with Gasteiger partial charge in [0.2, 0.25) is 0 Å². The van der Waals surface area contributed by atoms with Crippen molar-refractivity contribution in [2.24, 2.45) is 0 Å². The molecule has 0 aliphatic heterocycles. The molecule has 0 atom stereocenters. The van der Waals surface area contributed by atoms with Crippen LogP contribution < -0.4 is 0 Å². The number of pyridine rings is 6. The molecule has 0 saturated heterocycles. The predicted octanol–water partition coefficient (Wildman–Crippen LogP) is 3.22. The summed E-state index contributed by atoms with van der Waals surface area (Å²) in [6.45, 7) is 0. The number of nitrogens with zero attached hydrogens (tertiary/aromatic N) is 6. The van der Waals surface area contributed by atoms with Crippen LogP contribution in [0.1, 0.15) is 0 Å². The van der Waals surface area contributed by atoms with Crippen LogP contribution in [0.4, 0.5) is 0 Å². The fourth-order valence-electron chi connectivity index (χ4n) is 3.57. The second kappa shape index (κ2) is 22.5. The van der Waals surface area contributed by atoms with Crippen LogP contribution in [-0.2, 0) is 35.4 Å². The van der Waals surface area contributed by atoms with Gasteiger partial charge in [0.25, 0.3) is 0 Å². The third-order valence-electron chi connectivity index (χ3n) is 5.40. The van der Waals surface area contributed by atoms with E-state index < -0.39 is 38.0 Å².